The number of aromatic nitrogens is 2. The van der Waals surface area contributed by atoms with E-state index in [1.807, 2.05) is 0 Å². The predicted molar refractivity (Wildman–Crippen MR) is 142 cm³/mol. The number of piperidine rings is 1. The fourth-order valence-electron chi connectivity index (χ4n) is 4.16. The van der Waals surface area contributed by atoms with Gasteiger partial charge in [0.15, 0.2) is 5.13 Å². The van der Waals surface area contributed by atoms with E-state index < -0.39 is 33.0 Å². The number of carbonyl (C=O) groups is 1. The Morgan fingerprint density at radius 1 is 1.18 bits per heavy atom. The van der Waals surface area contributed by atoms with E-state index in [0.29, 0.717) is 56.1 Å². The maximum Gasteiger partial charge on any atom is 0.252 e. The minimum atomic E-state index is -3.44. The highest BCUT2D eigenvalue weighted by atomic mass is 32.2. The van der Waals surface area contributed by atoms with Crippen LogP contribution in [0.1, 0.15) is 40.1 Å². The van der Waals surface area contributed by atoms with Crippen LogP contribution in [0.25, 0.3) is 0 Å². The molecule has 3 heterocycles. The van der Waals surface area contributed by atoms with Crippen LogP contribution < -0.4 is 21.9 Å². The van der Waals surface area contributed by atoms with Crippen molar-refractivity contribution in [2.24, 2.45) is 0 Å². The Hall–Kier alpha value is -3.20. The molecule has 1 aliphatic rings. The van der Waals surface area contributed by atoms with Gasteiger partial charge in [0.2, 0.25) is 15.8 Å². The highest BCUT2D eigenvalue weighted by Gasteiger charge is 2.29. The number of H-pyrrole nitrogens is 1. The Morgan fingerprint density at radius 3 is 2.58 bits per heavy atom. The van der Waals surface area contributed by atoms with Crippen molar-refractivity contribution < 1.29 is 22.0 Å². The van der Waals surface area contributed by atoms with E-state index in [9.17, 15) is 26.8 Å². The summed E-state index contributed by atoms with van der Waals surface area (Å²) in [6.07, 6.45) is 2.99. The number of nitrogens with one attached hydrogen (secondary N) is 3. The maximum atomic E-state index is 14.0. The summed E-state index contributed by atoms with van der Waals surface area (Å²) in [5, 5.41) is 6.57. The average Bonchev–Trinajstić information content (AvgIpc) is 3.24. The fourth-order valence-corrected chi connectivity index (χ4v) is 6.61. The zero-order valence-corrected chi connectivity index (χ0v) is 22.0. The Morgan fingerprint density at radius 2 is 1.89 bits per heavy atom. The first-order chi connectivity index (χ1) is 18.2. The summed E-state index contributed by atoms with van der Waals surface area (Å²) in [6.45, 7) is 1.45. The van der Waals surface area contributed by atoms with Crippen LogP contribution in [0.15, 0.2) is 41.3 Å². The Balaban J connectivity index is 1.25. The molecule has 0 bridgehead atoms. The van der Waals surface area contributed by atoms with Crippen molar-refractivity contribution in [3.05, 3.63) is 74.5 Å². The number of hydrogen-bond donors (Lipinski definition) is 4. The van der Waals surface area contributed by atoms with Crippen LogP contribution in [0.2, 0.25) is 0 Å². The van der Waals surface area contributed by atoms with Crippen molar-refractivity contribution >= 4 is 38.1 Å². The number of carbonyl (C=O) groups excluding carboxylic acids is 1. The van der Waals surface area contributed by atoms with E-state index in [-0.39, 0.29) is 28.0 Å². The molecule has 1 saturated heterocycles. The predicted octanol–water partition coefficient (Wildman–Crippen LogP) is 2.31. The van der Waals surface area contributed by atoms with Gasteiger partial charge in [-0.05, 0) is 44.0 Å². The summed E-state index contributed by atoms with van der Waals surface area (Å²) in [4.78, 5) is 31.0. The fraction of sp³-hybridized carbons (Fsp3) is 0.375. The van der Waals surface area contributed by atoms with Crippen LogP contribution in [0.4, 0.5) is 19.7 Å². The Kier molecular flexibility index (Phi) is 8.87. The normalized spacial score (nSPS) is 15.0. The van der Waals surface area contributed by atoms with Crippen LogP contribution >= 0.6 is 11.3 Å². The lowest BCUT2D eigenvalue weighted by molar-refractivity contribution is 0.103. The third-order valence-electron chi connectivity index (χ3n) is 6.20. The molecule has 0 aliphatic carbocycles. The number of rotatable bonds is 11. The van der Waals surface area contributed by atoms with Crippen LogP contribution in [0, 0.1) is 11.6 Å². The molecule has 0 atom stereocenters. The van der Waals surface area contributed by atoms with Crippen molar-refractivity contribution in [3.8, 4) is 0 Å². The van der Waals surface area contributed by atoms with E-state index in [4.69, 9.17) is 5.73 Å². The summed E-state index contributed by atoms with van der Waals surface area (Å²) in [6, 6.07) is 6.50. The van der Waals surface area contributed by atoms with Gasteiger partial charge in [-0.3, -0.25) is 9.59 Å². The molecule has 3 aromatic rings. The molecule has 38 heavy (non-hydrogen) atoms. The smallest absolute Gasteiger partial charge is 0.252 e. The number of hydrogen-bond acceptors (Lipinski definition) is 9. The minimum Gasteiger partial charge on any atom is -0.382 e. The zero-order valence-electron chi connectivity index (χ0n) is 20.4. The second-order valence-electron chi connectivity index (χ2n) is 8.85. The lowest BCUT2D eigenvalue weighted by Crippen LogP contribution is -2.43. The first-order valence-electron chi connectivity index (χ1n) is 12.0. The summed E-state index contributed by atoms with van der Waals surface area (Å²) in [5.74, 6) is -2.98. The molecular formula is C24H28F2N6O4S2. The topological polar surface area (TPSA) is 150 Å². The number of nitrogens with zero attached hydrogens (tertiary/aromatic N) is 2. The lowest BCUT2D eigenvalue weighted by atomic mass is 10.1. The average molecular weight is 567 g/mol. The van der Waals surface area contributed by atoms with Gasteiger partial charge in [-0.15, -0.1) is 0 Å². The number of benzene rings is 1. The second-order valence-corrected chi connectivity index (χ2v) is 11.9. The Labute approximate surface area is 222 Å². The van der Waals surface area contributed by atoms with Crippen molar-refractivity contribution in [2.45, 2.75) is 31.8 Å². The Bertz CT molecular complexity index is 1430. The number of ketones is 1. The number of thiazole rings is 1. The number of anilines is 2. The van der Waals surface area contributed by atoms with Gasteiger partial charge in [0.25, 0.3) is 5.56 Å². The quantitative estimate of drug-likeness (QED) is 0.204. The maximum absolute atomic E-state index is 14.0. The summed E-state index contributed by atoms with van der Waals surface area (Å²) in [7, 11) is -3.44. The molecule has 14 heteroatoms. The van der Waals surface area contributed by atoms with Gasteiger partial charge in [0.1, 0.15) is 22.3 Å². The molecule has 0 radical (unpaired) electrons. The van der Waals surface area contributed by atoms with Gasteiger partial charge in [-0.1, -0.05) is 23.5 Å². The van der Waals surface area contributed by atoms with E-state index in [1.54, 1.807) is 18.3 Å². The lowest BCUT2D eigenvalue weighted by Gasteiger charge is -2.31. The van der Waals surface area contributed by atoms with E-state index in [0.717, 1.165) is 23.5 Å². The van der Waals surface area contributed by atoms with Gasteiger partial charge in [-0.2, -0.15) is 0 Å². The van der Waals surface area contributed by atoms with E-state index in [2.05, 4.69) is 20.6 Å². The number of nitrogen functional groups attached to an aromatic ring is 1. The molecule has 0 unspecified atom stereocenters. The van der Waals surface area contributed by atoms with Gasteiger partial charge in [0, 0.05) is 37.4 Å². The molecule has 0 spiro atoms. The van der Waals surface area contributed by atoms with Crippen LogP contribution in [-0.2, 0) is 16.6 Å². The van der Waals surface area contributed by atoms with Crippen LogP contribution in [0.3, 0.4) is 0 Å². The molecule has 2 aromatic heterocycles. The number of pyridine rings is 1. The summed E-state index contributed by atoms with van der Waals surface area (Å²) < 4.78 is 55.0. The van der Waals surface area contributed by atoms with Crippen LogP contribution in [0.5, 0.6) is 0 Å². The van der Waals surface area contributed by atoms with Crippen molar-refractivity contribution in [1.82, 2.24) is 19.6 Å². The molecule has 0 saturated carbocycles. The van der Waals surface area contributed by atoms with Gasteiger partial charge >= 0.3 is 0 Å². The summed E-state index contributed by atoms with van der Waals surface area (Å²) >= 11 is 0.904. The van der Waals surface area contributed by atoms with Crippen LogP contribution in [-0.4, -0.2) is 59.9 Å². The SMILES string of the molecule is Nc1nc(NC2CCN(S(=O)(=O)CCCNCc3ccc[nH]c3=O)CC2)sc1C(=O)c1c(F)cccc1F. The molecular weight excluding hydrogens is 538 g/mol. The van der Waals surface area contributed by atoms with Gasteiger partial charge in [0.05, 0.1) is 11.3 Å². The highest BCUT2D eigenvalue weighted by Crippen LogP contribution is 2.30. The molecule has 1 aliphatic heterocycles. The standard InChI is InChI=1S/C24H28F2N6O4S2/c25-17-5-1-6-18(26)19(17)20(33)21-22(27)31-24(37-21)30-16-7-11-32(12-8-16)38(35,36)13-3-9-28-14-15-4-2-10-29-23(15)34/h1-2,4-6,10,16,28H,3,7-9,11-14,27H2,(H,29,34)(H,30,31). The summed E-state index contributed by atoms with van der Waals surface area (Å²) in [5.41, 5.74) is 5.58. The minimum absolute atomic E-state index is 0.00959. The third-order valence-corrected chi connectivity index (χ3v) is 9.15. The third kappa shape index (κ3) is 6.62. The molecule has 1 aromatic carbocycles. The van der Waals surface area contributed by atoms with Gasteiger partial charge in [-0.25, -0.2) is 26.5 Å². The van der Waals surface area contributed by atoms with Crippen molar-refractivity contribution in [2.75, 3.05) is 36.4 Å². The van der Waals surface area contributed by atoms with E-state index >= 15 is 0 Å². The zero-order chi connectivity index (χ0) is 27.3. The first kappa shape index (κ1) is 27.8. The van der Waals surface area contributed by atoms with Crippen molar-refractivity contribution in [3.63, 3.8) is 0 Å². The number of nitrogens with two attached hydrogens (primary N) is 1. The number of halogens is 2. The number of aromatic amines is 1. The first-order valence-corrected chi connectivity index (χ1v) is 14.4. The molecule has 204 valence electrons. The molecule has 1 fully saturated rings. The van der Waals surface area contributed by atoms with Crippen molar-refractivity contribution in [1.29, 1.82) is 0 Å². The monoisotopic (exact) mass is 566 g/mol. The molecule has 5 N–H and O–H groups in total. The molecule has 0 amide bonds. The second kappa shape index (κ2) is 12.1. The number of sulfonamides is 1. The largest absolute Gasteiger partial charge is 0.382 e. The molecule has 10 nitrogen and oxygen atoms in total. The highest BCUT2D eigenvalue weighted by molar-refractivity contribution is 7.89. The molecule has 4 rings (SSSR count). The van der Waals surface area contributed by atoms with Gasteiger partial charge < -0.3 is 21.4 Å². The van der Waals surface area contributed by atoms with E-state index in [1.165, 1.54) is 10.4 Å².